The highest BCUT2D eigenvalue weighted by Gasteiger charge is 2.13. The minimum atomic E-state index is -0.678. The molecule has 1 aromatic carbocycles. The van der Waals surface area contributed by atoms with Crippen LogP contribution in [-0.4, -0.2) is 16.8 Å². The van der Waals surface area contributed by atoms with Gasteiger partial charge in [0.05, 0.1) is 11.1 Å². The predicted molar refractivity (Wildman–Crippen MR) is 101 cm³/mol. The molecule has 2 aliphatic rings. The van der Waals surface area contributed by atoms with E-state index in [2.05, 4.69) is 40.6 Å². The SMILES string of the molecule is O=C(O)CCCCCCCCCCC1=NN=c2cc3c(cc21)=CC=C3. The Balaban J connectivity index is 1.30. The second-order valence-electron chi connectivity index (χ2n) is 6.89. The number of aliphatic carboxylic acids is 1. The molecule has 1 aliphatic heterocycles. The fraction of sp³-hybridized carbons (Fsp3) is 0.476. The summed E-state index contributed by atoms with van der Waals surface area (Å²) in [5, 5.41) is 19.6. The Morgan fingerprint density at radius 3 is 2.40 bits per heavy atom. The third-order valence-electron chi connectivity index (χ3n) is 4.90. The number of hydrogen-bond acceptors (Lipinski definition) is 3. The van der Waals surface area contributed by atoms with E-state index in [1.165, 1.54) is 42.0 Å². The summed E-state index contributed by atoms with van der Waals surface area (Å²) in [6.07, 6.45) is 16.8. The molecular weight excluding hydrogens is 312 g/mol. The number of carboxylic acids is 1. The number of rotatable bonds is 11. The molecule has 132 valence electrons. The van der Waals surface area contributed by atoms with Crippen LogP contribution >= 0.6 is 0 Å². The van der Waals surface area contributed by atoms with E-state index in [0.717, 1.165) is 43.2 Å². The van der Waals surface area contributed by atoms with E-state index in [4.69, 9.17) is 5.11 Å². The van der Waals surface area contributed by atoms with Gasteiger partial charge < -0.3 is 5.11 Å². The maximum atomic E-state index is 10.4. The van der Waals surface area contributed by atoms with Crippen LogP contribution in [0.1, 0.15) is 75.3 Å². The monoisotopic (exact) mass is 338 g/mol. The van der Waals surface area contributed by atoms with Crippen LogP contribution < -0.4 is 10.6 Å². The van der Waals surface area contributed by atoms with E-state index in [1.54, 1.807) is 0 Å². The minimum absolute atomic E-state index is 0.311. The Labute approximate surface area is 148 Å². The smallest absolute Gasteiger partial charge is 0.303 e. The molecule has 0 bridgehead atoms. The van der Waals surface area contributed by atoms with Gasteiger partial charge in [0.2, 0.25) is 0 Å². The Morgan fingerprint density at radius 2 is 1.64 bits per heavy atom. The summed E-state index contributed by atoms with van der Waals surface area (Å²) in [5.74, 6) is -0.678. The molecule has 0 saturated heterocycles. The van der Waals surface area contributed by atoms with Gasteiger partial charge in [0.25, 0.3) is 0 Å². The van der Waals surface area contributed by atoms with Crippen molar-refractivity contribution in [2.24, 2.45) is 10.2 Å². The van der Waals surface area contributed by atoms with Crippen molar-refractivity contribution in [2.45, 2.75) is 64.2 Å². The Hall–Kier alpha value is -2.23. The maximum absolute atomic E-state index is 10.4. The molecule has 25 heavy (non-hydrogen) atoms. The van der Waals surface area contributed by atoms with Gasteiger partial charge in [0.15, 0.2) is 0 Å². The van der Waals surface area contributed by atoms with Crippen LogP contribution in [0.2, 0.25) is 0 Å². The highest BCUT2D eigenvalue weighted by atomic mass is 16.4. The molecule has 1 N–H and O–H groups in total. The molecule has 1 heterocycles. The van der Waals surface area contributed by atoms with E-state index in [1.807, 2.05) is 0 Å². The van der Waals surface area contributed by atoms with Gasteiger partial charge >= 0.3 is 5.97 Å². The molecule has 0 unspecified atom stereocenters. The molecule has 0 saturated carbocycles. The van der Waals surface area contributed by atoms with Crippen LogP contribution in [0.4, 0.5) is 0 Å². The largest absolute Gasteiger partial charge is 0.481 e. The first kappa shape index (κ1) is 17.6. The second-order valence-corrected chi connectivity index (χ2v) is 6.89. The number of carbonyl (C=O) groups is 1. The predicted octanol–water partition coefficient (Wildman–Crippen LogP) is 3.82. The van der Waals surface area contributed by atoms with Gasteiger partial charge in [-0.2, -0.15) is 10.2 Å². The zero-order chi connectivity index (χ0) is 17.5. The van der Waals surface area contributed by atoms with Crippen molar-refractivity contribution in [1.29, 1.82) is 0 Å². The Morgan fingerprint density at radius 1 is 0.920 bits per heavy atom. The summed E-state index contributed by atoms with van der Waals surface area (Å²) in [7, 11) is 0. The Bertz CT molecular complexity index is 806. The number of carboxylic acid groups (broad SMARTS) is 1. The van der Waals surface area contributed by atoms with Gasteiger partial charge in [-0.3, -0.25) is 4.79 Å². The first-order chi connectivity index (χ1) is 12.2. The van der Waals surface area contributed by atoms with E-state index >= 15 is 0 Å². The van der Waals surface area contributed by atoms with Crippen molar-refractivity contribution < 1.29 is 9.90 Å². The van der Waals surface area contributed by atoms with Gasteiger partial charge in [0, 0.05) is 12.0 Å². The minimum Gasteiger partial charge on any atom is -0.481 e. The lowest BCUT2D eigenvalue weighted by molar-refractivity contribution is -0.137. The molecular formula is C21H26N2O2. The first-order valence-electron chi connectivity index (χ1n) is 9.43. The third kappa shape index (κ3) is 4.88. The van der Waals surface area contributed by atoms with Crippen molar-refractivity contribution in [3.63, 3.8) is 0 Å². The van der Waals surface area contributed by atoms with Crippen molar-refractivity contribution >= 4 is 23.8 Å². The van der Waals surface area contributed by atoms with Crippen molar-refractivity contribution in [3.8, 4) is 0 Å². The highest BCUT2D eigenvalue weighted by molar-refractivity contribution is 6.01. The number of benzene rings is 1. The van der Waals surface area contributed by atoms with E-state index in [-0.39, 0.29) is 0 Å². The standard InChI is InChI=1S/C21H26N2O2/c24-21(25)13-8-6-4-2-1-3-5-7-12-19-18-14-16-10-9-11-17(16)15-20(18)23-22-19/h9-11,14-15H,1-8,12-13H2,(H,24,25). The third-order valence-corrected chi connectivity index (χ3v) is 4.90. The molecule has 3 rings (SSSR count). The molecule has 0 radical (unpaired) electrons. The quantitative estimate of drug-likeness (QED) is 0.624. The molecule has 0 fully saturated rings. The fourth-order valence-electron chi connectivity index (χ4n) is 3.46. The summed E-state index contributed by atoms with van der Waals surface area (Å²) < 4.78 is 0. The Kier molecular flexibility index (Phi) is 6.15. The van der Waals surface area contributed by atoms with Crippen molar-refractivity contribution in [1.82, 2.24) is 0 Å². The summed E-state index contributed by atoms with van der Waals surface area (Å²) >= 11 is 0. The molecule has 0 spiro atoms. The fourth-order valence-corrected chi connectivity index (χ4v) is 3.46. The first-order valence-corrected chi connectivity index (χ1v) is 9.43. The lowest BCUT2D eigenvalue weighted by Crippen LogP contribution is -2.18. The van der Waals surface area contributed by atoms with Crippen LogP contribution in [0.15, 0.2) is 28.4 Å². The zero-order valence-corrected chi connectivity index (χ0v) is 14.7. The van der Waals surface area contributed by atoms with Crippen molar-refractivity contribution in [3.05, 3.63) is 39.9 Å². The number of hydrogen-bond donors (Lipinski definition) is 1. The zero-order valence-electron chi connectivity index (χ0n) is 14.7. The number of unbranched alkanes of at least 4 members (excludes halogenated alkanes) is 7. The van der Waals surface area contributed by atoms with Crippen LogP contribution in [0.5, 0.6) is 0 Å². The highest BCUT2D eigenvalue weighted by Crippen LogP contribution is 2.14. The molecule has 1 aliphatic carbocycles. The molecule has 0 atom stereocenters. The average Bonchev–Trinajstić information content (AvgIpc) is 3.20. The summed E-state index contributed by atoms with van der Waals surface area (Å²) in [6, 6.07) is 4.35. The molecule has 1 aromatic rings. The molecule has 0 amide bonds. The summed E-state index contributed by atoms with van der Waals surface area (Å²) in [4.78, 5) is 10.4. The van der Waals surface area contributed by atoms with Gasteiger partial charge in [-0.15, -0.1) is 0 Å². The maximum Gasteiger partial charge on any atom is 0.303 e. The lowest BCUT2D eigenvalue weighted by atomic mass is 10.0. The second kappa shape index (κ2) is 8.75. The van der Waals surface area contributed by atoms with Gasteiger partial charge in [0.1, 0.15) is 0 Å². The van der Waals surface area contributed by atoms with E-state index in [0.29, 0.717) is 6.42 Å². The van der Waals surface area contributed by atoms with Gasteiger partial charge in [-0.25, -0.2) is 0 Å². The summed E-state index contributed by atoms with van der Waals surface area (Å²) in [6.45, 7) is 0. The number of allylic oxidation sites excluding steroid dienone is 1. The van der Waals surface area contributed by atoms with E-state index < -0.39 is 5.97 Å². The molecule has 4 nitrogen and oxygen atoms in total. The van der Waals surface area contributed by atoms with Gasteiger partial charge in [-0.1, -0.05) is 56.8 Å². The van der Waals surface area contributed by atoms with E-state index in [9.17, 15) is 4.79 Å². The van der Waals surface area contributed by atoms with Gasteiger partial charge in [-0.05, 0) is 42.2 Å². The molecule has 0 aromatic heterocycles. The van der Waals surface area contributed by atoms with Crippen LogP contribution in [0, 0.1) is 0 Å². The normalized spacial score (nSPS) is 13.8. The van der Waals surface area contributed by atoms with Crippen LogP contribution in [-0.2, 0) is 4.79 Å². The van der Waals surface area contributed by atoms with Crippen molar-refractivity contribution in [2.75, 3.05) is 0 Å². The van der Waals surface area contributed by atoms with Crippen LogP contribution in [0.3, 0.4) is 0 Å². The summed E-state index contributed by atoms with van der Waals surface area (Å²) in [5.41, 5.74) is 3.58. The topological polar surface area (TPSA) is 62.0 Å². The number of nitrogens with zero attached hydrogens (tertiary/aromatic N) is 2. The van der Waals surface area contributed by atoms with Crippen LogP contribution in [0.25, 0.3) is 12.2 Å². The number of fused-ring (bicyclic) bond motifs is 2. The lowest BCUT2D eigenvalue weighted by Gasteiger charge is -2.04. The molecule has 4 heteroatoms. The average molecular weight is 338 g/mol.